The van der Waals surface area contributed by atoms with Crippen molar-refractivity contribution in [2.24, 2.45) is 5.92 Å². The lowest BCUT2D eigenvalue weighted by Crippen LogP contribution is -2.69. The van der Waals surface area contributed by atoms with Crippen LogP contribution in [0.5, 0.6) is 5.75 Å². The summed E-state index contributed by atoms with van der Waals surface area (Å²) in [6.45, 7) is 2.02. The van der Waals surface area contributed by atoms with E-state index in [1.54, 1.807) is 24.3 Å². The predicted octanol–water partition coefficient (Wildman–Crippen LogP) is -0.163. The molecule has 2 heterocycles. The van der Waals surface area contributed by atoms with Crippen LogP contribution in [0.1, 0.15) is 19.9 Å². The Hall–Kier alpha value is -3.20. The smallest absolute Gasteiger partial charge is 0.372 e. The Bertz CT molecular complexity index is 1090. The van der Waals surface area contributed by atoms with Crippen molar-refractivity contribution < 1.29 is 48.3 Å². The highest BCUT2D eigenvalue weighted by Gasteiger charge is 2.64. The molecule has 0 spiro atoms. The number of methoxy groups -OCH3 is 1. The molecule has 5 N–H and O–H groups in total. The summed E-state index contributed by atoms with van der Waals surface area (Å²) in [5.74, 6) is -7.26. The molecule has 0 bridgehead atoms. The number of halogens is 2. The number of alkyl halides is 2. The van der Waals surface area contributed by atoms with E-state index in [2.05, 4.69) is 15.6 Å². The molecule has 1 saturated heterocycles. The van der Waals surface area contributed by atoms with Gasteiger partial charge in [0.1, 0.15) is 35.8 Å². The first-order valence-corrected chi connectivity index (χ1v) is 11.0. The van der Waals surface area contributed by atoms with Gasteiger partial charge in [-0.05, 0) is 12.1 Å². The molecule has 0 saturated carbocycles. The van der Waals surface area contributed by atoms with Crippen LogP contribution in [0.3, 0.4) is 0 Å². The van der Waals surface area contributed by atoms with E-state index in [1.165, 1.54) is 27.2 Å². The maximum Gasteiger partial charge on any atom is 0.372 e. The molecule has 2 unspecified atom stereocenters. The van der Waals surface area contributed by atoms with Gasteiger partial charge in [-0.2, -0.15) is 4.39 Å². The largest absolute Gasteiger partial charge is 0.496 e. The number of benzene rings is 1. The summed E-state index contributed by atoms with van der Waals surface area (Å²) in [7, 11) is 1.42. The summed E-state index contributed by atoms with van der Waals surface area (Å²) in [6, 6.07) is 3.10. The van der Waals surface area contributed by atoms with Gasteiger partial charge in [-0.15, -0.1) is 5.10 Å². The molecule has 3 rings (SSSR count). The number of aliphatic carboxylic acids is 1. The number of hydrogen-bond acceptors (Lipinski definition) is 9. The van der Waals surface area contributed by atoms with Crippen LogP contribution < -0.4 is 10.1 Å². The number of nitrogens with zero attached hydrogens (tertiary/aromatic N) is 3. The van der Waals surface area contributed by atoms with Gasteiger partial charge < -0.3 is 35.2 Å². The van der Waals surface area contributed by atoms with Crippen LogP contribution in [0.15, 0.2) is 30.5 Å². The van der Waals surface area contributed by atoms with Crippen LogP contribution in [0.4, 0.5) is 8.78 Å². The Morgan fingerprint density at radius 2 is 1.97 bits per heavy atom. The van der Waals surface area contributed by atoms with Crippen LogP contribution >= 0.6 is 0 Å². The van der Waals surface area contributed by atoms with Gasteiger partial charge in [-0.3, -0.25) is 4.79 Å². The average molecular weight is 514 g/mol. The van der Waals surface area contributed by atoms with Crippen LogP contribution in [0.2, 0.25) is 0 Å². The van der Waals surface area contributed by atoms with Crippen LogP contribution in [0.25, 0.3) is 11.3 Å². The SMILES string of the molecule is COc1ccccc1-c1cn([C@H]2C(F)C(F)(C(=O)O)O[C@@H]([C@H](O)[C@H](O)CO)[C@@H]2NC(=O)C(C)C)nn1. The molecule has 12 nitrogen and oxygen atoms in total. The number of carboxylic acid groups (broad SMARTS) is 1. The molecule has 1 amide bonds. The molecule has 1 fully saturated rings. The molecule has 198 valence electrons. The zero-order valence-electron chi connectivity index (χ0n) is 19.7. The number of aromatic nitrogens is 3. The minimum atomic E-state index is -4.00. The highest BCUT2D eigenvalue weighted by atomic mass is 19.2. The monoisotopic (exact) mass is 514 g/mol. The lowest BCUT2D eigenvalue weighted by Gasteiger charge is -2.47. The average Bonchev–Trinajstić information content (AvgIpc) is 3.34. The van der Waals surface area contributed by atoms with Crippen molar-refractivity contribution in [2.75, 3.05) is 13.7 Å². The van der Waals surface area contributed by atoms with E-state index in [-0.39, 0.29) is 5.69 Å². The quantitative estimate of drug-likeness (QED) is 0.302. The minimum Gasteiger partial charge on any atom is -0.496 e. The number of aliphatic hydroxyl groups is 3. The second-order valence-electron chi connectivity index (χ2n) is 8.64. The third-order valence-corrected chi connectivity index (χ3v) is 5.93. The first-order chi connectivity index (χ1) is 17.0. The molecular weight excluding hydrogens is 486 g/mol. The molecular formula is C22H28F2N4O8. The Morgan fingerprint density at radius 3 is 2.56 bits per heavy atom. The molecule has 1 aliphatic rings. The Balaban J connectivity index is 2.15. The van der Waals surface area contributed by atoms with Gasteiger partial charge in [0.2, 0.25) is 5.91 Å². The highest BCUT2D eigenvalue weighted by molar-refractivity contribution is 5.79. The topological polar surface area (TPSA) is 176 Å². The number of carbonyl (C=O) groups excluding carboxylic acids is 1. The van der Waals surface area contributed by atoms with E-state index < -0.39 is 66.8 Å². The van der Waals surface area contributed by atoms with Crippen LogP contribution in [-0.4, -0.2) is 97.4 Å². The van der Waals surface area contributed by atoms with Gasteiger partial charge >= 0.3 is 11.8 Å². The lowest BCUT2D eigenvalue weighted by atomic mass is 9.85. The lowest BCUT2D eigenvalue weighted by molar-refractivity contribution is -0.283. The van der Waals surface area contributed by atoms with Crippen molar-refractivity contribution in [1.82, 2.24) is 20.3 Å². The number of nitrogens with one attached hydrogen (secondary N) is 1. The van der Waals surface area contributed by atoms with E-state index >= 15 is 8.78 Å². The number of amides is 1. The van der Waals surface area contributed by atoms with Gasteiger partial charge in [-0.1, -0.05) is 31.2 Å². The zero-order valence-corrected chi connectivity index (χ0v) is 19.7. The number of aliphatic hydroxyl groups excluding tert-OH is 3. The first kappa shape index (κ1) is 27.4. The molecule has 14 heteroatoms. The normalized spacial score (nSPS) is 27.9. The highest BCUT2D eigenvalue weighted by Crippen LogP contribution is 2.42. The summed E-state index contributed by atoms with van der Waals surface area (Å²) in [4.78, 5) is 24.3. The Kier molecular flexibility index (Phi) is 8.23. The first-order valence-electron chi connectivity index (χ1n) is 11.0. The molecule has 36 heavy (non-hydrogen) atoms. The van der Waals surface area contributed by atoms with Crippen molar-refractivity contribution in [3.05, 3.63) is 30.5 Å². The second kappa shape index (κ2) is 10.8. The van der Waals surface area contributed by atoms with Crippen molar-refractivity contribution >= 4 is 11.9 Å². The standard InChI is InChI=1S/C22H28F2N4O8/c1-10(2)20(32)25-15-16(28-8-12(26-27-28)11-6-4-5-7-14(11)35-3)19(23)22(24,21(33)34)36-18(15)17(31)13(30)9-29/h4-8,10,13,15-19,29-31H,9H2,1-3H3,(H,25,32)(H,33,34)/t13-,15-,16-,17-,18-,19?,22?/m1/s1. The van der Waals surface area contributed by atoms with Gasteiger partial charge in [0.15, 0.2) is 6.17 Å². The fraction of sp³-hybridized carbons (Fsp3) is 0.545. The summed E-state index contributed by atoms with van der Waals surface area (Å²) < 4.78 is 42.1. The maximum absolute atomic E-state index is 15.7. The maximum atomic E-state index is 15.7. The third kappa shape index (κ3) is 5.02. The van der Waals surface area contributed by atoms with Crippen molar-refractivity contribution in [3.63, 3.8) is 0 Å². The molecule has 1 aromatic carbocycles. The van der Waals surface area contributed by atoms with E-state index in [1.807, 2.05) is 0 Å². The predicted molar refractivity (Wildman–Crippen MR) is 118 cm³/mol. The van der Waals surface area contributed by atoms with Gasteiger partial charge in [-0.25, -0.2) is 13.9 Å². The van der Waals surface area contributed by atoms with Crippen LogP contribution in [0, 0.1) is 5.92 Å². The molecule has 7 atom stereocenters. The van der Waals surface area contributed by atoms with E-state index in [9.17, 15) is 30.0 Å². The number of carboxylic acids is 1. The second-order valence-corrected chi connectivity index (χ2v) is 8.64. The minimum absolute atomic E-state index is 0.160. The number of hydrogen-bond donors (Lipinski definition) is 5. The number of para-hydroxylation sites is 1. The summed E-state index contributed by atoms with van der Waals surface area (Å²) in [5.41, 5.74) is 0.598. The van der Waals surface area contributed by atoms with Gasteiger partial charge in [0.05, 0.1) is 26.0 Å². The number of carbonyl (C=O) groups is 2. The molecule has 1 aliphatic heterocycles. The van der Waals surface area contributed by atoms with Gasteiger partial charge in [0, 0.05) is 11.5 Å². The fourth-order valence-electron chi connectivity index (χ4n) is 3.91. The third-order valence-electron chi connectivity index (χ3n) is 5.93. The Labute approximate surface area is 204 Å². The molecule has 2 aromatic rings. The number of ether oxygens (including phenoxy) is 2. The van der Waals surface area contributed by atoms with Gasteiger partial charge in [0.25, 0.3) is 0 Å². The van der Waals surface area contributed by atoms with Crippen molar-refractivity contribution in [1.29, 1.82) is 0 Å². The fourth-order valence-corrected chi connectivity index (χ4v) is 3.91. The molecule has 0 aliphatic carbocycles. The van der Waals surface area contributed by atoms with E-state index in [0.29, 0.717) is 11.3 Å². The van der Waals surface area contributed by atoms with Crippen molar-refractivity contribution in [3.8, 4) is 17.0 Å². The zero-order chi connectivity index (χ0) is 26.8. The van der Waals surface area contributed by atoms with E-state index in [4.69, 9.17) is 9.47 Å². The number of rotatable bonds is 9. The van der Waals surface area contributed by atoms with Crippen molar-refractivity contribution in [2.45, 2.75) is 56.3 Å². The van der Waals surface area contributed by atoms with Crippen LogP contribution in [-0.2, 0) is 14.3 Å². The Morgan fingerprint density at radius 1 is 1.31 bits per heavy atom. The summed E-state index contributed by atoms with van der Waals surface area (Å²) in [5, 5.41) is 49.5. The molecule has 1 aromatic heterocycles. The van der Waals surface area contributed by atoms with E-state index in [0.717, 1.165) is 4.68 Å². The summed E-state index contributed by atoms with van der Waals surface area (Å²) in [6.07, 6.45) is -7.80. The molecule has 0 radical (unpaired) electrons. The summed E-state index contributed by atoms with van der Waals surface area (Å²) >= 11 is 0.